The van der Waals surface area contributed by atoms with Crippen LogP contribution in [0.15, 0.2) is 66.2 Å². The summed E-state index contributed by atoms with van der Waals surface area (Å²) in [4.78, 5) is 11.9. The Morgan fingerprint density at radius 1 is 0.947 bits per heavy atom. The molecule has 1 unspecified atom stereocenters. The van der Waals surface area contributed by atoms with E-state index < -0.39 is 0 Å². The van der Waals surface area contributed by atoms with Gasteiger partial charge in [-0.3, -0.25) is 0 Å². The van der Waals surface area contributed by atoms with Crippen LogP contribution in [0.5, 0.6) is 0 Å². The number of ether oxygens (including phenoxy) is 1. The van der Waals surface area contributed by atoms with Crippen molar-refractivity contribution in [3.8, 4) is 0 Å². The Balaban J connectivity index is 1.83. The minimum absolute atomic E-state index is 0.149. The highest BCUT2D eigenvalue weighted by Gasteiger charge is 2.29. The van der Waals surface area contributed by atoms with Gasteiger partial charge in [-0.1, -0.05) is 60.7 Å². The minimum Gasteiger partial charge on any atom is -0.454 e. The highest BCUT2D eigenvalue weighted by atomic mass is 16.5. The van der Waals surface area contributed by atoms with Crippen molar-refractivity contribution in [2.75, 3.05) is 0 Å². The van der Waals surface area contributed by atoms with Gasteiger partial charge in [0.05, 0.1) is 0 Å². The van der Waals surface area contributed by atoms with Crippen LogP contribution in [-0.4, -0.2) is 5.97 Å². The molecule has 0 saturated carbocycles. The van der Waals surface area contributed by atoms with Gasteiger partial charge >= 0.3 is 5.97 Å². The van der Waals surface area contributed by atoms with E-state index in [4.69, 9.17) is 4.74 Å². The molecule has 19 heavy (non-hydrogen) atoms. The lowest BCUT2D eigenvalue weighted by atomic mass is 10.0. The zero-order chi connectivity index (χ0) is 13.1. The molecule has 1 heterocycles. The first kappa shape index (κ1) is 11.7. The third-order valence-electron chi connectivity index (χ3n) is 3.23. The summed E-state index contributed by atoms with van der Waals surface area (Å²) in [6, 6.07) is 19.7. The predicted octanol–water partition coefficient (Wildman–Crippen LogP) is 3.76. The summed E-state index contributed by atoms with van der Waals surface area (Å²) >= 11 is 0. The first-order valence-electron chi connectivity index (χ1n) is 6.34. The highest BCUT2D eigenvalue weighted by molar-refractivity contribution is 5.95. The van der Waals surface area contributed by atoms with E-state index >= 15 is 0 Å². The Bertz CT molecular complexity index is 600. The lowest BCUT2D eigenvalue weighted by molar-refractivity contribution is -0.139. The fourth-order valence-corrected chi connectivity index (χ4v) is 2.25. The number of benzene rings is 2. The quantitative estimate of drug-likeness (QED) is 0.599. The zero-order valence-electron chi connectivity index (χ0n) is 10.5. The number of carbonyl (C=O) groups is 1. The second-order valence-electron chi connectivity index (χ2n) is 4.59. The SMILES string of the molecule is O=C1OC(c2ccccc2)C/C1=C/c1ccccc1. The number of cyclic esters (lactones) is 1. The van der Waals surface area contributed by atoms with Crippen LogP contribution in [0.4, 0.5) is 0 Å². The van der Waals surface area contributed by atoms with Crippen molar-refractivity contribution >= 4 is 12.0 Å². The molecule has 0 aromatic heterocycles. The van der Waals surface area contributed by atoms with E-state index in [-0.39, 0.29) is 12.1 Å². The molecule has 1 aliphatic heterocycles. The van der Waals surface area contributed by atoms with Crippen molar-refractivity contribution in [2.24, 2.45) is 0 Å². The van der Waals surface area contributed by atoms with Gasteiger partial charge in [-0.05, 0) is 17.2 Å². The van der Waals surface area contributed by atoms with Crippen molar-refractivity contribution in [2.45, 2.75) is 12.5 Å². The molecule has 1 atom stereocenters. The van der Waals surface area contributed by atoms with Crippen molar-refractivity contribution in [1.82, 2.24) is 0 Å². The summed E-state index contributed by atoms with van der Waals surface area (Å²) in [6.07, 6.45) is 2.40. The first-order chi connectivity index (χ1) is 9.33. The summed E-state index contributed by atoms with van der Waals surface area (Å²) in [7, 11) is 0. The predicted molar refractivity (Wildman–Crippen MR) is 74.3 cm³/mol. The molecule has 2 heteroatoms. The number of rotatable bonds is 2. The molecule has 0 amide bonds. The second kappa shape index (κ2) is 5.11. The van der Waals surface area contributed by atoms with Crippen LogP contribution in [0.1, 0.15) is 23.7 Å². The van der Waals surface area contributed by atoms with Crippen LogP contribution in [0.2, 0.25) is 0 Å². The second-order valence-corrected chi connectivity index (χ2v) is 4.59. The first-order valence-corrected chi connectivity index (χ1v) is 6.34. The van der Waals surface area contributed by atoms with Crippen molar-refractivity contribution in [3.63, 3.8) is 0 Å². The van der Waals surface area contributed by atoms with E-state index in [1.807, 2.05) is 66.7 Å². The van der Waals surface area contributed by atoms with E-state index in [9.17, 15) is 4.79 Å². The molecule has 0 aliphatic carbocycles. The summed E-state index contributed by atoms with van der Waals surface area (Å²) in [5.74, 6) is -0.210. The molecule has 0 spiro atoms. The lowest BCUT2D eigenvalue weighted by Gasteiger charge is -2.07. The van der Waals surface area contributed by atoms with E-state index in [0.717, 1.165) is 16.7 Å². The van der Waals surface area contributed by atoms with E-state index in [0.29, 0.717) is 6.42 Å². The van der Waals surface area contributed by atoms with Crippen LogP contribution in [-0.2, 0) is 9.53 Å². The van der Waals surface area contributed by atoms with Gasteiger partial charge in [0.2, 0.25) is 0 Å². The average molecular weight is 250 g/mol. The molecular formula is C17H14O2. The van der Waals surface area contributed by atoms with Crippen LogP contribution in [0, 0.1) is 0 Å². The molecule has 2 aromatic carbocycles. The maximum atomic E-state index is 11.9. The number of carbonyl (C=O) groups excluding carboxylic acids is 1. The smallest absolute Gasteiger partial charge is 0.334 e. The van der Waals surface area contributed by atoms with Gasteiger partial charge in [0.25, 0.3) is 0 Å². The summed E-state index contributed by atoms with van der Waals surface area (Å²) < 4.78 is 5.42. The maximum Gasteiger partial charge on any atom is 0.334 e. The molecule has 0 N–H and O–H groups in total. The standard InChI is InChI=1S/C17H14O2/c18-17-15(11-13-7-3-1-4-8-13)12-16(19-17)14-9-5-2-6-10-14/h1-11,16H,12H2/b15-11-. The molecule has 2 nitrogen and oxygen atoms in total. The van der Waals surface area contributed by atoms with Crippen LogP contribution in [0.3, 0.4) is 0 Å². The van der Waals surface area contributed by atoms with Crippen molar-refractivity contribution in [3.05, 3.63) is 77.4 Å². The Morgan fingerprint density at radius 3 is 2.26 bits per heavy atom. The van der Waals surface area contributed by atoms with Gasteiger partial charge in [0.15, 0.2) is 0 Å². The molecule has 1 fully saturated rings. The van der Waals surface area contributed by atoms with Gasteiger partial charge < -0.3 is 4.74 Å². The third-order valence-corrected chi connectivity index (χ3v) is 3.23. The Kier molecular flexibility index (Phi) is 3.15. The number of hydrogen-bond acceptors (Lipinski definition) is 2. The van der Waals surface area contributed by atoms with Crippen LogP contribution in [0.25, 0.3) is 6.08 Å². The molecule has 0 radical (unpaired) electrons. The molecular weight excluding hydrogens is 236 g/mol. The maximum absolute atomic E-state index is 11.9. The van der Waals surface area contributed by atoms with E-state index in [2.05, 4.69) is 0 Å². The van der Waals surface area contributed by atoms with Gasteiger partial charge in [-0.25, -0.2) is 4.79 Å². The fourth-order valence-electron chi connectivity index (χ4n) is 2.25. The van der Waals surface area contributed by atoms with Crippen molar-refractivity contribution in [1.29, 1.82) is 0 Å². The van der Waals surface area contributed by atoms with Gasteiger partial charge in [-0.2, -0.15) is 0 Å². The van der Waals surface area contributed by atoms with Gasteiger partial charge in [0.1, 0.15) is 6.10 Å². The summed E-state index contributed by atoms with van der Waals surface area (Å²) in [5.41, 5.74) is 2.82. The topological polar surface area (TPSA) is 26.3 Å². The van der Waals surface area contributed by atoms with Gasteiger partial charge in [-0.15, -0.1) is 0 Å². The number of esters is 1. The minimum atomic E-state index is -0.210. The highest BCUT2D eigenvalue weighted by Crippen LogP contribution is 2.33. The summed E-state index contributed by atoms with van der Waals surface area (Å²) in [6.45, 7) is 0. The van der Waals surface area contributed by atoms with E-state index in [1.54, 1.807) is 0 Å². The Morgan fingerprint density at radius 2 is 1.58 bits per heavy atom. The Labute approximate surface area is 112 Å². The third kappa shape index (κ3) is 2.58. The fraction of sp³-hybridized carbons (Fsp3) is 0.118. The molecule has 2 aromatic rings. The van der Waals surface area contributed by atoms with Crippen LogP contribution < -0.4 is 0 Å². The zero-order valence-corrected chi connectivity index (χ0v) is 10.5. The van der Waals surface area contributed by atoms with Crippen molar-refractivity contribution < 1.29 is 9.53 Å². The molecule has 1 aliphatic rings. The normalized spacial score (nSPS) is 20.5. The summed E-state index contributed by atoms with van der Waals surface area (Å²) in [5, 5.41) is 0. The molecule has 0 bridgehead atoms. The van der Waals surface area contributed by atoms with Gasteiger partial charge in [0, 0.05) is 12.0 Å². The number of hydrogen-bond donors (Lipinski definition) is 0. The molecule has 1 saturated heterocycles. The largest absolute Gasteiger partial charge is 0.454 e. The monoisotopic (exact) mass is 250 g/mol. The molecule has 3 rings (SSSR count). The lowest BCUT2D eigenvalue weighted by Crippen LogP contribution is -1.98. The Hall–Kier alpha value is -2.35. The molecule has 94 valence electrons. The van der Waals surface area contributed by atoms with E-state index in [1.165, 1.54) is 0 Å². The van der Waals surface area contributed by atoms with Crippen LogP contribution >= 0.6 is 0 Å². The average Bonchev–Trinajstić information content (AvgIpc) is 2.82.